The number of benzene rings is 3. The smallest absolute Gasteiger partial charge is 0.396 e. The van der Waals surface area contributed by atoms with Crippen LogP contribution < -0.4 is 0 Å². The normalized spacial score (nSPS) is 24.5. The molecule has 7 rings (SSSR count). The molecular weight excluding hydrogens is 616 g/mol. The van der Waals surface area contributed by atoms with Gasteiger partial charge in [0, 0.05) is 0 Å². The van der Waals surface area contributed by atoms with Gasteiger partial charge in [0.15, 0.2) is 24.8 Å². The average molecular weight is 651 g/mol. The standard InChI is InChI=1S/C18H15S.C15H20F4O5S/c1-4-10-16(11-5-1)19(17-12-6-2-7-13-17)18-14-8-3-9-15-18;16-14(17,15(18,19)25(21,22)23)1-2-24-12(20)13-6-9-3-10(7-13)5-11(4-9)8-13/h1-15H;9-11H,1-8H2,(H,21,22,23)/q+1;/p-1. The van der Waals surface area contributed by atoms with E-state index in [1.54, 1.807) is 0 Å². The number of alkyl halides is 4. The lowest BCUT2D eigenvalue weighted by Crippen LogP contribution is -2.51. The van der Waals surface area contributed by atoms with Gasteiger partial charge in [0.05, 0.1) is 29.3 Å². The van der Waals surface area contributed by atoms with Gasteiger partial charge < -0.3 is 9.29 Å². The van der Waals surface area contributed by atoms with Crippen molar-refractivity contribution in [3.8, 4) is 0 Å². The van der Waals surface area contributed by atoms with Gasteiger partial charge >= 0.3 is 17.1 Å². The fourth-order valence-electron chi connectivity index (χ4n) is 7.19. The van der Waals surface area contributed by atoms with E-state index < -0.39 is 45.7 Å². The van der Waals surface area contributed by atoms with Crippen molar-refractivity contribution in [2.24, 2.45) is 23.2 Å². The van der Waals surface area contributed by atoms with Crippen molar-refractivity contribution in [1.29, 1.82) is 0 Å². The molecule has 0 atom stereocenters. The molecule has 4 fully saturated rings. The minimum absolute atomic E-state index is 0.0146. The molecule has 3 aromatic rings. The lowest BCUT2D eigenvalue weighted by Gasteiger charge is -2.55. The average Bonchev–Trinajstić information content (AvgIpc) is 2.98. The summed E-state index contributed by atoms with van der Waals surface area (Å²) in [4.78, 5) is 16.5. The first kappa shape index (κ1) is 32.5. The minimum atomic E-state index is -6.52. The highest BCUT2D eigenvalue weighted by molar-refractivity contribution is 7.97. The van der Waals surface area contributed by atoms with E-state index in [9.17, 15) is 35.3 Å². The third kappa shape index (κ3) is 6.84. The number of hydrogen-bond donors (Lipinski definition) is 0. The van der Waals surface area contributed by atoms with Crippen LogP contribution in [0.3, 0.4) is 0 Å². The van der Waals surface area contributed by atoms with Crippen molar-refractivity contribution in [2.45, 2.75) is 70.8 Å². The summed E-state index contributed by atoms with van der Waals surface area (Å²) < 4.78 is 88.7. The molecule has 0 aliphatic heterocycles. The number of carbonyl (C=O) groups excluding carboxylic acids is 1. The maximum Gasteiger partial charge on any atom is 0.396 e. The van der Waals surface area contributed by atoms with E-state index >= 15 is 0 Å². The zero-order valence-corrected chi connectivity index (χ0v) is 25.6. The zero-order chi connectivity index (χ0) is 31.6. The highest BCUT2D eigenvalue weighted by Gasteiger charge is 2.61. The number of rotatable bonds is 9. The molecule has 0 amide bonds. The van der Waals surface area contributed by atoms with E-state index in [0.717, 1.165) is 19.3 Å². The van der Waals surface area contributed by atoms with Gasteiger partial charge in [-0.2, -0.15) is 17.6 Å². The Kier molecular flexibility index (Phi) is 9.49. The first-order valence-electron chi connectivity index (χ1n) is 14.6. The van der Waals surface area contributed by atoms with E-state index in [4.69, 9.17) is 4.74 Å². The van der Waals surface area contributed by atoms with E-state index in [0.29, 0.717) is 37.0 Å². The first-order valence-corrected chi connectivity index (χ1v) is 17.2. The maximum absolute atomic E-state index is 13.4. The lowest BCUT2D eigenvalue weighted by molar-refractivity contribution is -0.185. The SMILES string of the molecule is O=C(OCCC(F)(F)C(F)(F)S(=O)(=O)[O-])C12CC3CC(CC(C3)C1)C2.c1ccc([S+](c2ccccc2)c2ccccc2)cc1. The van der Waals surface area contributed by atoms with Crippen LogP contribution in [-0.2, 0) is 30.5 Å². The van der Waals surface area contributed by atoms with Gasteiger partial charge in [-0.3, -0.25) is 4.79 Å². The maximum atomic E-state index is 13.4. The molecule has 0 N–H and O–H groups in total. The van der Waals surface area contributed by atoms with Crippen LogP contribution in [0.25, 0.3) is 0 Å². The van der Waals surface area contributed by atoms with Gasteiger partial charge in [0.1, 0.15) is 0 Å². The molecule has 4 aliphatic carbocycles. The fourth-order valence-corrected chi connectivity index (χ4v) is 9.76. The third-order valence-electron chi connectivity index (χ3n) is 8.80. The van der Waals surface area contributed by atoms with Crippen molar-refractivity contribution < 1.29 is 40.1 Å². The molecule has 3 aromatic carbocycles. The minimum Gasteiger partial charge on any atom is -0.743 e. The highest BCUT2D eigenvalue weighted by atomic mass is 32.2. The Balaban J connectivity index is 0.000000181. The van der Waals surface area contributed by atoms with Gasteiger partial charge in [0.2, 0.25) is 0 Å². The molecule has 44 heavy (non-hydrogen) atoms. The first-order chi connectivity index (χ1) is 20.8. The summed E-state index contributed by atoms with van der Waals surface area (Å²) in [6.07, 6.45) is 3.31. The molecule has 4 bridgehead atoms. The van der Waals surface area contributed by atoms with Crippen LogP contribution >= 0.6 is 0 Å². The summed E-state index contributed by atoms with van der Waals surface area (Å²) in [6.45, 7) is -1.06. The molecule has 0 spiro atoms. The Labute approximate surface area is 258 Å². The Morgan fingerprint density at radius 3 is 1.45 bits per heavy atom. The summed E-state index contributed by atoms with van der Waals surface area (Å²) in [7, 11) is -6.54. The van der Waals surface area contributed by atoms with E-state index in [1.807, 2.05) is 0 Å². The largest absolute Gasteiger partial charge is 0.743 e. The molecule has 4 aliphatic rings. The van der Waals surface area contributed by atoms with Crippen LogP contribution in [0.1, 0.15) is 44.9 Å². The van der Waals surface area contributed by atoms with Crippen molar-refractivity contribution in [3.63, 3.8) is 0 Å². The van der Waals surface area contributed by atoms with Crippen molar-refractivity contribution in [3.05, 3.63) is 91.0 Å². The van der Waals surface area contributed by atoms with Gasteiger partial charge in [0.25, 0.3) is 0 Å². The Morgan fingerprint density at radius 1 is 0.750 bits per heavy atom. The predicted molar refractivity (Wildman–Crippen MR) is 157 cm³/mol. The number of carbonyl (C=O) groups is 1. The van der Waals surface area contributed by atoms with Crippen molar-refractivity contribution >= 4 is 27.0 Å². The van der Waals surface area contributed by atoms with Gasteiger partial charge in [-0.05, 0) is 92.7 Å². The molecular formula is C33H34F4O5S2. The molecule has 5 nitrogen and oxygen atoms in total. The Bertz CT molecular complexity index is 1390. The Hall–Kier alpha value is -2.89. The quantitative estimate of drug-likeness (QED) is 0.103. The molecule has 0 radical (unpaired) electrons. The summed E-state index contributed by atoms with van der Waals surface area (Å²) >= 11 is 0. The molecule has 11 heteroatoms. The van der Waals surface area contributed by atoms with Crippen molar-refractivity contribution in [2.75, 3.05) is 6.61 Å². The van der Waals surface area contributed by atoms with Crippen LogP contribution in [0.15, 0.2) is 106 Å². The number of hydrogen-bond acceptors (Lipinski definition) is 5. The van der Waals surface area contributed by atoms with Crippen molar-refractivity contribution in [1.82, 2.24) is 0 Å². The molecule has 0 unspecified atom stereocenters. The van der Waals surface area contributed by atoms with E-state index in [1.165, 1.54) is 14.7 Å². The van der Waals surface area contributed by atoms with E-state index in [-0.39, 0.29) is 10.9 Å². The summed E-state index contributed by atoms with van der Waals surface area (Å²) in [6, 6.07) is 32.2. The van der Waals surface area contributed by atoms with Crippen LogP contribution in [0.4, 0.5) is 17.6 Å². The number of esters is 1. The summed E-state index contributed by atoms with van der Waals surface area (Å²) in [5.74, 6) is -4.54. The summed E-state index contributed by atoms with van der Waals surface area (Å²) in [5, 5.41) is -5.74. The Morgan fingerprint density at radius 2 is 1.11 bits per heavy atom. The van der Waals surface area contributed by atoms with E-state index in [2.05, 4.69) is 91.0 Å². The lowest BCUT2D eigenvalue weighted by atomic mass is 9.49. The molecule has 236 valence electrons. The second-order valence-corrected chi connectivity index (χ2v) is 15.5. The summed E-state index contributed by atoms with van der Waals surface area (Å²) in [5.41, 5.74) is -0.725. The monoisotopic (exact) mass is 650 g/mol. The molecule has 0 aromatic heterocycles. The van der Waals surface area contributed by atoms with Crippen LogP contribution in [0.5, 0.6) is 0 Å². The third-order valence-corrected chi connectivity index (χ3v) is 12.0. The van der Waals surface area contributed by atoms with Crippen LogP contribution in [0.2, 0.25) is 0 Å². The van der Waals surface area contributed by atoms with Gasteiger partial charge in [-0.15, -0.1) is 0 Å². The number of halogens is 4. The molecule has 0 heterocycles. The van der Waals surface area contributed by atoms with Crippen LogP contribution in [-0.4, -0.2) is 36.7 Å². The second-order valence-electron chi connectivity index (χ2n) is 12.0. The predicted octanol–water partition coefficient (Wildman–Crippen LogP) is 7.69. The van der Waals surface area contributed by atoms with Crippen LogP contribution in [0, 0.1) is 23.2 Å². The molecule has 0 saturated heterocycles. The zero-order valence-electron chi connectivity index (χ0n) is 23.9. The number of ether oxygens (including phenoxy) is 1. The fraction of sp³-hybridized carbons (Fsp3) is 0.424. The topological polar surface area (TPSA) is 83.5 Å². The highest BCUT2D eigenvalue weighted by Crippen LogP contribution is 2.60. The molecule has 4 saturated carbocycles. The second kappa shape index (κ2) is 12.8. The van der Waals surface area contributed by atoms with Gasteiger partial charge in [-0.1, -0.05) is 54.6 Å². The van der Waals surface area contributed by atoms with Gasteiger partial charge in [-0.25, -0.2) is 8.42 Å².